The monoisotopic (exact) mass is 385 g/mol. The molecule has 25 heavy (non-hydrogen) atoms. The van der Waals surface area contributed by atoms with Crippen molar-refractivity contribution in [1.82, 2.24) is 4.72 Å². The van der Waals surface area contributed by atoms with E-state index in [1.807, 2.05) is 6.92 Å². The van der Waals surface area contributed by atoms with Gasteiger partial charge in [0.15, 0.2) is 9.84 Å². The number of sulfonamides is 1. The average Bonchev–Trinajstić information content (AvgIpc) is 2.54. The Kier molecular flexibility index (Phi) is 5.65. The smallest absolute Gasteiger partial charge is 0.224 e. The Morgan fingerprint density at radius 1 is 1.00 bits per heavy atom. The van der Waals surface area contributed by atoms with E-state index >= 15 is 0 Å². The Labute approximate surface area is 147 Å². The first kappa shape index (κ1) is 19.6. The van der Waals surface area contributed by atoms with E-state index in [0.29, 0.717) is 12.0 Å². The molecule has 0 saturated heterocycles. The number of hydrogen-bond acceptors (Lipinski definition) is 4. The average molecular weight is 385 g/mol. The van der Waals surface area contributed by atoms with E-state index in [9.17, 15) is 21.2 Å². The molecule has 0 radical (unpaired) electrons. The van der Waals surface area contributed by atoms with Crippen LogP contribution in [0.25, 0.3) is 0 Å². The number of sulfone groups is 1. The molecule has 0 bridgehead atoms. The normalized spacial score (nSPS) is 13.6. The van der Waals surface area contributed by atoms with Gasteiger partial charge in [0.1, 0.15) is 5.82 Å². The SMILES string of the molecule is CC[C@@H](NS(=O)(=O)c1ccc(F)c(C)c1)c1ccc(S(C)(=O)=O)cc1. The molecule has 0 saturated carbocycles. The van der Waals surface area contributed by atoms with Crippen molar-refractivity contribution in [2.75, 3.05) is 6.26 Å². The first-order chi connectivity index (χ1) is 11.5. The predicted octanol–water partition coefficient (Wildman–Crippen LogP) is 2.97. The number of rotatable bonds is 6. The third kappa shape index (κ3) is 4.65. The summed E-state index contributed by atoms with van der Waals surface area (Å²) in [5.41, 5.74) is 0.894. The van der Waals surface area contributed by atoms with E-state index < -0.39 is 31.7 Å². The first-order valence-electron chi connectivity index (χ1n) is 7.63. The number of aryl methyl sites for hydroxylation is 1. The summed E-state index contributed by atoms with van der Waals surface area (Å²) in [6.07, 6.45) is 1.58. The van der Waals surface area contributed by atoms with Crippen molar-refractivity contribution in [3.8, 4) is 0 Å². The standard InChI is InChI=1S/C17H20FNO4S2/c1-4-17(13-5-7-14(8-6-13)24(3,20)21)19-25(22,23)15-9-10-16(18)12(2)11-15/h5-11,17,19H,4H2,1-3H3/t17-/m1/s1. The van der Waals surface area contributed by atoms with Gasteiger partial charge < -0.3 is 0 Å². The fourth-order valence-corrected chi connectivity index (χ4v) is 4.40. The predicted molar refractivity (Wildman–Crippen MR) is 94.0 cm³/mol. The van der Waals surface area contributed by atoms with Crippen LogP contribution in [0.3, 0.4) is 0 Å². The fourth-order valence-electron chi connectivity index (χ4n) is 2.37. The van der Waals surface area contributed by atoms with Crippen LogP contribution in [0.5, 0.6) is 0 Å². The lowest BCUT2D eigenvalue weighted by molar-refractivity contribution is 0.549. The molecule has 0 aliphatic carbocycles. The Bertz CT molecular complexity index is 968. The maximum atomic E-state index is 13.4. The summed E-state index contributed by atoms with van der Waals surface area (Å²) >= 11 is 0. The lowest BCUT2D eigenvalue weighted by Gasteiger charge is -2.18. The molecule has 2 rings (SSSR count). The molecule has 0 unspecified atom stereocenters. The molecular weight excluding hydrogens is 365 g/mol. The second kappa shape index (κ2) is 7.23. The van der Waals surface area contributed by atoms with E-state index in [0.717, 1.165) is 12.3 Å². The van der Waals surface area contributed by atoms with E-state index in [-0.39, 0.29) is 15.4 Å². The van der Waals surface area contributed by atoms with E-state index in [4.69, 9.17) is 0 Å². The highest BCUT2D eigenvalue weighted by Crippen LogP contribution is 2.22. The quantitative estimate of drug-likeness (QED) is 0.829. The van der Waals surface area contributed by atoms with Crippen molar-refractivity contribution < 1.29 is 21.2 Å². The summed E-state index contributed by atoms with van der Waals surface area (Å²) in [6, 6.07) is 9.15. The van der Waals surface area contributed by atoms with Crippen molar-refractivity contribution in [2.24, 2.45) is 0 Å². The zero-order chi connectivity index (χ0) is 18.8. The molecule has 0 spiro atoms. The maximum absolute atomic E-state index is 13.4. The Morgan fingerprint density at radius 3 is 2.04 bits per heavy atom. The molecule has 0 aliphatic rings. The van der Waals surface area contributed by atoms with Crippen LogP contribution < -0.4 is 4.72 Å². The summed E-state index contributed by atoms with van der Waals surface area (Å²) in [4.78, 5) is 0.153. The topological polar surface area (TPSA) is 80.3 Å². The third-order valence-electron chi connectivity index (χ3n) is 3.86. The van der Waals surface area contributed by atoms with Crippen molar-refractivity contribution in [3.05, 3.63) is 59.4 Å². The highest BCUT2D eigenvalue weighted by Gasteiger charge is 2.21. The second-order valence-corrected chi connectivity index (χ2v) is 9.56. The van der Waals surface area contributed by atoms with E-state index in [2.05, 4.69) is 4.72 Å². The Balaban J connectivity index is 2.30. The number of benzene rings is 2. The lowest BCUT2D eigenvalue weighted by atomic mass is 10.1. The summed E-state index contributed by atoms with van der Waals surface area (Å²) < 4.78 is 64.0. The van der Waals surface area contributed by atoms with Crippen molar-refractivity contribution >= 4 is 19.9 Å². The molecule has 0 heterocycles. The minimum absolute atomic E-state index is 0.0161. The minimum atomic E-state index is -3.83. The van der Waals surface area contributed by atoms with Crippen molar-refractivity contribution in [3.63, 3.8) is 0 Å². The number of nitrogens with one attached hydrogen (secondary N) is 1. The van der Waals surface area contributed by atoms with Crippen LogP contribution in [0.4, 0.5) is 4.39 Å². The Hall–Kier alpha value is -1.77. The van der Waals surface area contributed by atoms with Crippen LogP contribution in [-0.2, 0) is 19.9 Å². The molecule has 0 amide bonds. The van der Waals surface area contributed by atoms with Crippen molar-refractivity contribution in [1.29, 1.82) is 0 Å². The summed E-state index contributed by atoms with van der Waals surface area (Å²) in [5, 5.41) is 0. The van der Waals surface area contributed by atoms with E-state index in [1.165, 1.54) is 31.2 Å². The molecule has 5 nitrogen and oxygen atoms in total. The Morgan fingerprint density at radius 2 is 1.56 bits per heavy atom. The van der Waals surface area contributed by atoms with Crippen LogP contribution in [0, 0.1) is 12.7 Å². The highest BCUT2D eigenvalue weighted by molar-refractivity contribution is 7.90. The second-order valence-electron chi connectivity index (χ2n) is 5.83. The summed E-state index contributed by atoms with van der Waals surface area (Å²) in [5.74, 6) is -0.470. The van der Waals surface area contributed by atoms with Gasteiger partial charge in [0, 0.05) is 12.3 Å². The van der Waals surface area contributed by atoms with Gasteiger partial charge in [0.05, 0.1) is 9.79 Å². The zero-order valence-electron chi connectivity index (χ0n) is 14.2. The van der Waals surface area contributed by atoms with E-state index in [1.54, 1.807) is 12.1 Å². The number of hydrogen-bond donors (Lipinski definition) is 1. The zero-order valence-corrected chi connectivity index (χ0v) is 15.8. The molecule has 1 N–H and O–H groups in total. The molecule has 2 aromatic carbocycles. The molecule has 0 aromatic heterocycles. The molecule has 8 heteroatoms. The van der Waals surface area contributed by atoms with Gasteiger partial charge in [-0.3, -0.25) is 0 Å². The van der Waals surface area contributed by atoms with Crippen molar-refractivity contribution in [2.45, 2.75) is 36.1 Å². The molecule has 1 atom stereocenters. The number of halogens is 1. The summed E-state index contributed by atoms with van der Waals surface area (Å²) in [7, 11) is -7.15. The van der Waals surface area contributed by atoms with Gasteiger partial charge in [-0.15, -0.1) is 0 Å². The first-order valence-corrected chi connectivity index (χ1v) is 11.0. The molecule has 2 aromatic rings. The summed E-state index contributed by atoms with van der Waals surface area (Å²) in [6.45, 7) is 3.31. The maximum Gasteiger partial charge on any atom is 0.241 e. The van der Waals surface area contributed by atoms with Gasteiger partial charge in [-0.2, -0.15) is 0 Å². The van der Waals surface area contributed by atoms with Gasteiger partial charge in [-0.05, 0) is 54.8 Å². The molecule has 136 valence electrons. The lowest BCUT2D eigenvalue weighted by Crippen LogP contribution is -2.28. The van der Waals surface area contributed by atoms with Crippen LogP contribution in [-0.4, -0.2) is 23.1 Å². The van der Waals surface area contributed by atoms with Crippen LogP contribution in [0.2, 0.25) is 0 Å². The van der Waals surface area contributed by atoms with Gasteiger partial charge in [-0.1, -0.05) is 19.1 Å². The van der Waals surface area contributed by atoms with Gasteiger partial charge >= 0.3 is 0 Å². The highest BCUT2D eigenvalue weighted by atomic mass is 32.2. The van der Waals surface area contributed by atoms with Crippen LogP contribution >= 0.6 is 0 Å². The minimum Gasteiger partial charge on any atom is -0.224 e. The van der Waals surface area contributed by atoms with Gasteiger partial charge in [0.2, 0.25) is 10.0 Å². The third-order valence-corrected chi connectivity index (χ3v) is 6.45. The molecular formula is C17H20FNO4S2. The van der Waals surface area contributed by atoms with Crippen LogP contribution in [0.1, 0.15) is 30.5 Å². The van der Waals surface area contributed by atoms with Gasteiger partial charge in [-0.25, -0.2) is 25.9 Å². The largest absolute Gasteiger partial charge is 0.241 e. The molecule has 0 aliphatic heterocycles. The fraction of sp³-hybridized carbons (Fsp3) is 0.294. The molecule has 0 fully saturated rings. The van der Waals surface area contributed by atoms with Gasteiger partial charge in [0.25, 0.3) is 0 Å². The van der Waals surface area contributed by atoms with Crippen LogP contribution in [0.15, 0.2) is 52.3 Å².